The number of carbonyl (C=O) groups is 1. The van der Waals surface area contributed by atoms with Crippen LogP contribution in [0.2, 0.25) is 0 Å². The molecule has 2 aromatic carbocycles. The van der Waals surface area contributed by atoms with E-state index in [2.05, 4.69) is 20.8 Å². The summed E-state index contributed by atoms with van der Waals surface area (Å²) in [6, 6.07) is 15.0. The lowest BCUT2D eigenvalue weighted by atomic mass is 10.1. The Kier molecular flexibility index (Phi) is 14.1. The molecule has 0 aliphatic carbocycles. The van der Waals surface area contributed by atoms with Crippen LogP contribution in [0.5, 0.6) is 11.5 Å². The van der Waals surface area contributed by atoms with E-state index in [4.69, 9.17) is 14.2 Å². The van der Waals surface area contributed by atoms with Crippen molar-refractivity contribution >= 4 is 5.97 Å². The van der Waals surface area contributed by atoms with Crippen LogP contribution in [0, 0.1) is 5.92 Å². The second-order valence-corrected chi connectivity index (χ2v) is 9.19. The van der Waals surface area contributed by atoms with Crippen LogP contribution in [0.3, 0.4) is 0 Å². The minimum Gasteiger partial charge on any atom is -0.490 e. The molecule has 0 unspecified atom stereocenters. The molecule has 0 spiro atoms. The molecule has 0 aromatic heterocycles. The molecule has 0 N–H and O–H groups in total. The van der Waals surface area contributed by atoms with Gasteiger partial charge in [0.05, 0.1) is 18.8 Å². The molecule has 4 heteroatoms. The van der Waals surface area contributed by atoms with E-state index in [1.165, 1.54) is 44.9 Å². The molecule has 188 valence electrons. The monoisotopic (exact) mass is 468 g/mol. The van der Waals surface area contributed by atoms with Crippen LogP contribution < -0.4 is 9.47 Å². The van der Waals surface area contributed by atoms with Crippen LogP contribution in [-0.4, -0.2) is 25.8 Å². The summed E-state index contributed by atoms with van der Waals surface area (Å²) >= 11 is 0. The van der Waals surface area contributed by atoms with Gasteiger partial charge in [-0.25, -0.2) is 4.79 Å². The molecule has 34 heavy (non-hydrogen) atoms. The third-order valence-corrected chi connectivity index (χ3v) is 6.13. The van der Waals surface area contributed by atoms with Crippen LogP contribution in [0.1, 0.15) is 94.5 Å². The Hall–Kier alpha value is -2.33. The van der Waals surface area contributed by atoms with E-state index in [0.717, 1.165) is 31.4 Å². The average molecular weight is 469 g/mol. The molecule has 4 nitrogen and oxygen atoms in total. The smallest absolute Gasteiger partial charge is 0.343 e. The average Bonchev–Trinajstić information content (AvgIpc) is 2.86. The Labute approximate surface area is 207 Å². The Balaban J connectivity index is 1.74. The predicted octanol–water partition coefficient (Wildman–Crippen LogP) is 8.03. The molecule has 2 rings (SSSR count). The number of benzene rings is 2. The zero-order valence-electron chi connectivity index (χ0n) is 21.5. The number of para-hydroxylation sites is 2. The van der Waals surface area contributed by atoms with Crippen molar-refractivity contribution in [2.24, 2.45) is 5.92 Å². The molecule has 0 aliphatic rings. The third kappa shape index (κ3) is 11.2. The standard InChI is InChI=1S/C30H44O4/c1-4-6-7-8-9-10-11-14-22-33-28-15-12-13-16-29(28)34-30(31)27-19-17-26(18-20-27)21-23-32-24-25(3)5-2/h12-13,15-20,25H,4-11,14,21-24H2,1-3H3/t25-/m0/s1. The van der Waals surface area contributed by atoms with Crippen molar-refractivity contribution in [1.29, 1.82) is 0 Å². The van der Waals surface area contributed by atoms with Gasteiger partial charge in [0.2, 0.25) is 0 Å². The maximum absolute atomic E-state index is 12.7. The molecule has 0 heterocycles. The summed E-state index contributed by atoms with van der Waals surface area (Å²) in [5, 5.41) is 0. The molecule has 0 fully saturated rings. The highest BCUT2D eigenvalue weighted by atomic mass is 16.6. The Bertz CT molecular complexity index is 800. The Morgan fingerprint density at radius 2 is 1.44 bits per heavy atom. The van der Waals surface area contributed by atoms with Gasteiger partial charge in [-0.1, -0.05) is 96.4 Å². The second-order valence-electron chi connectivity index (χ2n) is 9.19. The van der Waals surface area contributed by atoms with Crippen molar-refractivity contribution in [3.05, 3.63) is 59.7 Å². The maximum Gasteiger partial charge on any atom is 0.343 e. The number of hydrogen-bond donors (Lipinski definition) is 0. The maximum atomic E-state index is 12.7. The summed E-state index contributed by atoms with van der Waals surface area (Å²) in [5.41, 5.74) is 1.68. The van der Waals surface area contributed by atoms with Gasteiger partial charge in [0.1, 0.15) is 0 Å². The van der Waals surface area contributed by atoms with Gasteiger partial charge in [0.25, 0.3) is 0 Å². The van der Waals surface area contributed by atoms with Gasteiger partial charge < -0.3 is 14.2 Å². The first kappa shape index (κ1) is 27.9. The summed E-state index contributed by atoms with van der Waals surface area (Å²) < 4.78 is 17.3. The summed E-state index contributed by atoms with van der Waals surface area (Å²) in [5.74, 6) is 1.30. The highest BCUT2D eigenvalue weighted by Gasteiger charge is 2.12. The lowest BCUT2D eigenvalue weighted by Gasteiger charge is -2.12. The third-order valence-electron chi connectivity index (χ3n) is 6.13. The molecule has 0 amide bonds. The zero-order chi connectivity index (χ0) is 24.4. The molecule has 0 saturated heterocycles. The van der Waals surface area contributed by atoms with Gasteiger partial charge in [-0.2, -0.15) is 0 Å². The minimum absolute atomic E-state index is 0.373. The fourth-order valence-corrected chi connectivity index (χ4v) is 3.63. The second kappa shape index (κ2) is 17.2. The summed E-state index contributed by atoms with van der Waals surface area (Å²) in [6.07, 6.45) is 12.0. The quantitative estimate of drug-likeness (QED) is 0.126. The fraction of sp³-hybridized carbons (Fsp3) is 0.567. The van der Waals surface area contributed by atoms with E-state index >= 15 is 0 Å². The molecule has 0 bridgehead atoms. The number of esters is 1. The van der Waals surface area contributed by atoms with Crippen LogP contribution >= 0.6 is 0 Å². The lowest BCUT2D eigenvalue weighted by molar-refractivity contribution is 0.0728. The molecule has 0 aliphatic heterocycles. The van der Waals surface area contributed by atoms with Gasteiger partial charge in [-0.15, -0.1) is 0 Å². The molecule has 2 aromatic rings. The zero-order valence-corrected chi connectivity index (χ0v) is 21.5. The minimum atomic E-state index is -0.373. The van der Waals surface area contributed by atoms with E-state index in [0.29, 0.717) is 36.2 Å². The number of rotatable bonds is 18. The highest BCUT2D eigenvalue weighted by molar-refractivity contribution is 5.91. The first-order valence-electron chi connectivity index (χ1n) is 13.2. The van der Waals surface area contributed by atoms with Crippen molar-refractivity contribution in [3.8, 4) is 11.5 Å². The molecule has 0 radical (unpaired) electrons. The van der Waals surface area contributed by atoms with Crippen molar-refractivity contribution < 1.29 is 19.0 Å². The van der Waals surface area contributed by atoms with E-state index in [1.54, 1.807) is 6.07 Å². The van der Waals surface area contributed by atoms with E-state index < -0.39 is 0 Å². The van der Waals surface area contributed by atoms with Crippen LogP contribution in [0.4, 0.5) is 0 Å². The van der Waals surface area contributed by atoms with Crippen molar-refractivity contribution in [2.75, 3.05) is 19.8 Å². The van der Waals surface area contributed by atoms with Crippen molar-refractivity contribution in [1.82, 2.24) is 0 Å². The van der Waals surface area contributed by atoms with Gasteiger partial charge in [-0.05, 0) is 48.6 Å². The van der Waals surface area contributed by atoms with Crippen LogP contribution in [0.25, 0.3) is 0 Å². The number of ether oxygens (including phenoxy) is 3. The largest absolute Gasteiger partial charge is 0.490 e. The molecular weight excluding hydrogens is 424 g/mol. The summed E-state index contributed by atoms with van der Waals surface area (Å²) in [7, 11) is 0. The van der Waals surface area contributed by atoms with Crippen LogP contribution in [-0.2, 0) is 11.2 Å². The van der Waals surface area contributed by atoms with Gasteiger partial charge in [-0.3, -0.25) is 0 Å². The molecule has 1 atom stereocenters. The van der Waals surface area contributed by atoms with E-state index in [1.807, 2.05) is 42.5 Å². The summed E-state index contributed by atoms with van der Waals surface area (Å²) in [4.78, 5) is 12.7. The normalized spacial score (nSPS) is 11.9. The molecule has 0 saturated carbocycles. The van der Waals surface area contributed by atoms with Crippen LogP contribution in [0.15, 0.2) is 48.5 Å². The fourth-order valence-electron chi connectivity index (χ4n) is 3.63. The van der Waals surface area contributed by atoms with Crippen molar-refractivity contribution in [2.45, 2.75) is 85.0 Å². The molecular formula is C30H44O4. The van der Waals surface area contributed by atoms with E-state index in [-0.39, 0.29) is 5.97 Å². The lowest BCUT2D eigenvalue weighted by Crippen LogP contribution is -2.10. The van der Waals surface area contributed by atoms with E-state index in [9.17, 15) is 4.79 Å². The van der Waals surface area contributed by atoms with Crippen molar-refractivity contribution in [3.63, 3.8) is 0 Å². The Morgan fingerprint density at radius 1 is 0.794 bits per heavy atom. The summed E-state index contributed by atoms with van der Waals surface area (Å²) in [6.45, 7) is 8.74. The van der Waals surface area contributed by atoms with Gasteiger partial charge in [0.15, 0.2) is 11.5 Å². The Morgan fingerprint density at radius 3 is 2.12 bits per heavy atom. The first-order chi connectivity index (χ1) is 16.6. The van der Waals surface area contributed by atoms with Gasteiger partial charge in [0, 0.05) is 6.61 Å². The number of unbranched alkanes of at least 4 members (excludes halogenated alkanes) is 7. The number of hydrogen-bond acceptors (Lipinski definition) is 4. The van der Waals surface area contributed by atoms with Gasteiger partial charge >= 0.3 is 5.97 Å². The SMILES string of the molecule is CCCCCCCCCCOc1ccccc1OC(=O)c1ccc(CCOC[C@@H](C)CC)cc1. The topological polar surface area (TPSA) is 44.8 Å². The highest BCUT2D eigenvalue weighted by Crippen LogP contribution is 2.27. The predicted molar refractivity (Wildman–Crippen MR) is 140 cm³/mol. The number of carbonyl (C=O) groups excluding carboxylic acids is 1. The first-order valence-corrected chi connectivity index (χ1v) is 13.2.